The van der Waals surface area contributed by atoms with E-state index in [1.807, 2.05) is 0 Å². The summed E-state index contributed by atoms with van der Waals surface area (Å²) in [5.74, 6) is -2.99. The highest BCUT2D eigenvalue weighted by Crippen LogP contribution is 2.33. The molecule has 0 atom stereocenters. The SMILES string of the molecule is CC(=O)Oc1ccc(Br)cc1C(=O)N1C(=O)C(=O)c2cc(C)ccc21. The van der Waals surface area contributed by atoms with Gasteiger partial charge in [0.05, 0.1) is 16.8 Å². The third-order valence-corrected chi connectivity index (χ3v) is 4.16. The third-order valence-electron chi connectivity index (χ3n) is 3.66. The second-order valence-electron chi connectivity index (χ2n) is 5.53. The fourth-order valence-corrected chi connectivity index (χ4v) is 2.95. The molecule has 0 N–H and O–H groups in total. The number of aryl methyl sites for hydroxylation is 1. The molecular formula is C18H12BrNO5. The maximum absolute atomic E-state index is 12.9. The number of benzene rings is 2. The van der Waals surface area contributed by atoms with Crippen LogP contribution in [0.2, 0.25) is 0 Å². The summed E-state index contributed by atoms with van der Waals surface area (Å²) >= 11 is 3.24. The number of amides is 2. The van der Waals surface area contributed by atoms with Gasteiger partial charge in [-0.3, -0.25) is 19.2 Å². The van der Waals surface area contributed by atoms with Crippen LogP contribution in [-0.4, -0.2) is 23.6 Å². The zero-order valence-electron chi connectivity index (χ0n) is 13.3. The Morgan fingerprint density at radius 2 is 1.80 bits per heavy atom. The Morgan fingerprint density at radius 1 is 1.08 bits per heavy atom. The van der Waals surface area contributed by atoms with Crippen molar-refractivity contribution in [2.24, 2.45) is 0 Å². The first-order chi connectivity index (χ1) is 11.8. The predicted molar refractivity (Wildman–Crippen MR) is 92.8 cm³/mol. The lowest BCUT2D eigenvalue weighted by Crippen LogP contribution is -2.36. The first-order valence-corrected chi connectivity index (χ1v) is 8.10. The molecule has 0 unspecified atom stereocenters. The first-order valence-electron chi connectivity index (χ1n) is 7.31. The van der Waals surface area contributed by atoms with Gasteiger partial charge in [0.15, 0.2) is 0 Å². The first kappa shape index (κ1) is 17.0. The topological polar surface area (TPSA) is 80.8 Å². The molecule has 126 valence electrons. The number of ether oxygens (including phenoxy) is 1. The fourth-order valence-electron chi connectivity index (χ4n) is 2.59. The molecule has 0 fully saturated rings. The molecule has 0 saturated heterocycles. The average Bonchev–Trinajstić information content (AvgIpc) is 2.79. The van der Waals surface area contributed by atoms with Crippen LogP contribution in [0.25, 0.3) is 0 Å². The number of carbonyl (C=O) groups is 4. The summed E-state index contributed by atoms with van der Waals surface area (Å²) in [6.07, 6.45) is 0. The monoisotopic (exact) mass is 401 g/mol. The summed E-state index contributed by atoms with van der Waals surface area (Å²) in [6, 6.07) is 9.30. The number of fused-ring (bicyclic) bond motifs is 1. The second-order valence-corrected chi connectivity index (χ2v) is 6.45. The molecule has 0 aromatic heterocycles. The van der Waals surface area contributed by atoms with Gasteiger partial charge < -0.3 is 4.74 Å². The number of esters is 1. The quantitative estimate of drug-likeness (QED) is 0.334. The van der Waals surface area contributed by atoms with E-state index < -0.39 is 23.6 Å². The van der Waals surface area contributed by atoms with Crippen LogP contribution < -0.4 is 9.64 Å². The van der Waals surface area contributed by atoms with E-state index in [1.54, 1.807) is 31.2 Å². The van der Waals surface area contributed by atoms with Crippen LogP contribution in [0.15, 0.2) is 40.9 Å². The van der Waals surface area contributed by atoms with Crippen molar-refractivity contribution in [3.63, 3.8) is 0 Å². The van der Waals surface area contributed by atoms with Crippen LogP contribution in [0.5, 0.6) is 5.75 Å². The summed E-state index contributed by atoms with van der Waals surface area (Å²) < 4.78 is 5.61. The van der Waals surface area contributed by atoms with Gasteiger partial charge in [0.2, 0.25) is 0 Å². The summed E-state index contributed by atoms with van der Waals surface area (Å²) in [4.78, 5) is 49.6. The number of hydrogen-bond donors (Lipinski definition) is 0. The number of ketones is 1. The lowest BCUT2D eigenvalue weighted by atomic mass is 10.1. The molecule has 2 amide bonds. The molecule has 0 bridgehead atoms. The summed E-state index contributed by atoms with van der Waals surface area (Å²) in [5, 5.41) is 0. The van der Waals surface area contributed by atoms with E-state index in [0.717, 1.165) is 10.5 Å². The number of carbonyl (C=O) groups excluding carboxylic acids is 4. The van der Waals surface area contributed by atoms with E-state index in [1.165, 1.54) is 19.1 Å². The molecule has 1 aliphatic rings. The van der Waals surface area contributed by atoms with E-state index in [2.05, 4.69) is 15.9 Å². The number of anilines is 1. The molecule has 6 nitrogen and oxygen atoms in total. The highest BCUT2D eigenvalue weighted by molar-refractivity contribution is 9.10. The van der Waals surface area contributed by atoms with E-state index >= 15 is 0 Å². The van der Waals surface area contributed by atoms with Gasteiger partial charge in [-0.05, 0) is 37.3 Å². The van der Waals surface area contributed by atoms with Gasteiger partial charge in [0, 0.05) is 11.4 Å². The van der Waals surface area contributed by atoms with E-state index in [9.17, 15) is 19.2 Å². The van der Waals surface area contributed by atoms with Crippen molar-refractivity contribution < 1.29 is 23.9 Å². The maximum atomic E-state index is 12.9. The minimum absolute atomic E-state index is 0.000787. The molecule has 2 aromatic carbocycles. The van der Waals surface area contributed by atoms with Gasteiger partial charge in [0.25, 0.3) is 11.7 Å². The average molecular weight is 402 g/mol. The van der Waals surface area contributed by atoms with Crippen LogP contribution in [0.3, 0.4) is 0 Å². The maximum Gasteiger partial charge on any atom is 0.308 e. The van der Waals surface area contributed by atoms with Gasteiger partial charge in [-0.15, -0.1) is 0 Å². The molecular weight excluding hydrogens is 390 g/mol. The van der Waals surface area contributed by atoms with Crippen molar-refractivity contribution in [2.45, 2.75) is 13.8 Å². The zero-order chi connectivity index (χ0) is 18.3. The number of hydrogen-bond acceptors (Lipinski definition) is 5. The Kier molecular flexibility index (Phi) is 4.26. The fraction of sp³-hybridized carbons (Fsp3) is 0.111. The minimum Gasteiger partial charge on any atom is -0.426 e. The van der Waals surface area contributed by atoms with E-state index in [-0.39, 0.29) is 22.6 Å². The molecule has 1 heterocycles. The molecule has 0 spiro atoms. The molecule has 0 saturated carbocycles. The highest BCUT2D eigenvalue weighted by atomic mass is 79.9. The molecule has 1 aliphatic heterocycles. The third kappa shape index (κ3) is 2.98. The van der Waals surface area contributed by atoms with Crippen molar-refractivity contribution in [1.29, 1.82) is 0 Å². The molecule has 0 aliphatic carbocycles. The number of nitrogens with zero attached hydrogens (tertiary/aromatic N) is 1. The number of halogens is 1. The summed E-state index contributed by atoms with van der Waals surface area (Å²) in [6.45, 7) is 2.99. The number of Topliss-reactive ketones (excluding diaryl/α,β-unsaturated/α-hetero) is 1. The lowest BCUT2D eigenvalue weighted by Gasteiger charge is -2.17. The van der Waals surface area contributed by atoms with Gasteiger partial charge in [-0.1, -0.05) is 27.6 Å². The van der Waals surface area contributed by atoms with Crippen molar-refractivity contribution in [2.75, 3.05) is 4.90 Å². The largest absolute Gasteiger partial charge is 0.426 e. The molecule has 2 aromatic rings. The highest BCUT2D eigenvalue weighted by Gasteiger charge is 2.41. The summed E-state index contributed by atoms with van der Waals surface area (Å²) in [5.41, 5.74) is 1.21. The van der Waals surface area contributed by atoms with Gasteiger partial charge >= 0.3 is 11.9 Å². The number of imide groups is 1. The Labute approximate surface area is 151 Å². The van der Waals surface area contributed by atoms with Gasteiger partial charge in [-0.2, -0.15) is 0 Å². The van der Waals surface area contributed by atoms with Crippen LogP contribution >= 0.6 is 15.9 Å². The van der Waals surface area contributed by atoms with Gasteiger partial charge in [0.1, 0.15) is 5.75 Å². The minimum atomic E-state index is -0.931. The molecule has 7 heteroatoms. The van der Waals surface area contributed by atoms with E-state index in [0.29, 0.717) is 4.47 Å². The van der Waals surface area contributed by atoms with Crippen molar-refractivity contribution in [3.8, 4) is 5.75 Å². The number of rotatable bonds is 2. The molecule has 0 radical (unpaired) electrons. The zero-order valence-corrected chi connectivity index (χ0v) is 14.9. The van der Waals surface area contributed by atoms with Crippen LogP contribution in [0, 0.1) is 6.92 Å². The van der Waals surface area contributed by atoms with Crippen molar-refractivity contribution in [3.05, 3.63) is 57.6 Å². The predicted octanol–water partition coefficient (Wildman–Crippen LogP) is 3.05. The molecule has 3 rings (SSSR count). The van der Waals surface area contributed by atoms with Gasteiger partial charge in [-0.25, -0.2) is 4.90 Å². The Bertz CT molecular complexity index is 950. The second kappa shape index (κ2) is 6.25. The van der Waals surface area contributed by atoms with E-state index in [4.69, 9.17) is 4.74 Å². The Morgan fingerprint density at radius 3 is 2.48 bits per heavy atom. The van der Waals surface area contributed by atoms with Crippen LogP contribution in [0.1, 0.15) is 33.2 Å². The van der Waals surface area contributed by atoms with Crippen LogP contribution in [0.4, 0.5) is 5.69 Å². The van der Waals surface area contributed by atoms with Crippen molar-refractivity contribution in [1.82, 2.24) is 0 Å². The molecule has 25 heavy (non-hydrogen) atoms. The standard InChI is InChI=1S/C18H12BrNO5/c1-9-3-5-14-12(7-9)16(22)18(24)20(14)17(23)13-8-11(19)4-6-15(13)25-10(2)21/h3-8H,1-2H3. The van der Waals surface area contributed by atoms with Crippen molar-refractivity contribution >= 4 is 45.2 Å². The summed E-state index contributed by atoms with van der Waals surface area (Å²) in [7, 11) is 0. The smallest absolute Gasteiger partial charge is 0.308 e. The van der Waals surface area contributed by atoms with Crippen LogP contribution in [-0.2, 0) is 9.59 Å². The lowest BCUT2D eigenvalue weighted by molar-refractivity contribution is -0.131. The Balaban J connectivity index is 2.11. The normalized spacial score (nSPS) is 13.0. The Hall–Kier alpha value is -2.80.